The van der Waals surface area contributed by atoms with Gasteiger partial charge >= 0.3 is 6.03 Å². The molecule has 2 N–H and O–H groups in total. The minimum Gasteiger partial charge on any atom is -0.493 e. The molecule has 2 heterocycles. The fourth-order valence-corrected chi connectivity index (χ4v) is 3.47. The fraction of sp³-hybridized carbons (Fsp3) is 0.350. The van der Waals surface area contributed by atoms with Crippen molar-refractivity contribution in [2.75, 3.05) is 19.8 Å². The van der Waals surface area contributed by atoms with Crippen molar-refractivity contribution in [2.24, 2.45) is 0 Å². The molecular formula is C20H22N2O3. The molecule has 2 aromatic carbocycles. The van der Waals surface area contributed by atoms with Gasteiger partial charge in [-0.15, -0.1) is 0 Å². The van der Waals surface area contributed by atoms with Crippen LogP contribution in [0.25, 0.3) is 0 Å². The van der Waals surface area contributed by atoms with Gasteiger partial charge in [0.1, 0.15) is 11.5 Å². The number of rotatable bonds is 5. The zero-order chi connectivity index (χ0) is 17.1. The van der Waals surface area contributed by atoms with E-state index in [-0.39, 0.29) is 6.03 Å². The number of ether oxygens (including phenoxy) is 2. The molecule has 0 bridgehead atoms. The van der Waals surface area contributed by atoms with Gasteiger partial charge < -0.3 is 20.1 Å². The monoisotopic (exact) mass is 338 g/mol. The number of fused-ring (bicyclic) bond motifs is 2. The van der Waals surface area contributed by atoms with Gasteiger partial charge in [0.15, 0.2) is 0 Å². The molecule has 25 heavy (non-hydrogen) atoms. The Kier molecular flexibility index (Phi) is 4.46. The molecule has 130 valence electrons. The molecule has 0 unspecified atom stereocenters. The van der Waals surface area contributed by atoms with Crippen LogP contribution in [0.2, 0.25) is 0 Å². The highest BCUT2D eigenvalue weighted by atomic mass is 16.5. The van der Waals surface area contributed by atoms with Crippen molar-refractivity contribution in [1.82, 2.24) is 10.6 Å². The minimum atomic E-state index is -0.154. The number of hydrogen-bond donors (Lipinski definition) is 2. The van der Waals surface area contributed by atoms with Gasteiger partial charge in [-0.2, -0.15) is 0 Å². The van der Waals surface area contributed by atoms with Crippen molar-refractivity contribution in [3.63, 3.8) is 0 Å². The highest BCUT2D eigenvalue weighted by Gasteiger charge is 2.26. The van der Waals surface area contributed by atoms with Crippen LogP contribution < -0.4 is 20.1 Å². The summed E-state index contributed by atoms with van der Waals surface area (Å²) >= 11 is 0. The Morgan fingerprint density at radius 1 is 1.04 bits per heavy atom. The van der Waals surface area contributed by atoms with E-state index in [9.17, 15) is 4.79 Å². The van der Waals surface area contributed by atoms with E-state index in [1.807, 2.05) is 18.2 Å². The van der Waals surface area contributed by atoms with E-state index in [1.165, 1.54) is 16.7 Å². The zero-order valence-electron chi connectivity index (χ0n) is 14.1. The van der Waals surface area contributed by atoms with E-state index in [0.29, 0.717) is 26.3 Å². The summed E-state index contributed by atoms with van der Waals surface area (Å²) in [7, 11) is 0. The lowest BCUT2D eigenvalue weighted by molar-refractivity contribution is 0.240. The number of nitrogens with one attached hydrogen (secondary N) is 2. The predicted octanol–water partition coefficient (Wildman–Crippen LogP) is 2.60. The molecule has 0 fully saturated rings. The second kappa shape index (κ2) is 7.05. The topological polar surface area (TPSA) is 59.6 Å². The van der Waals surface area contributed by atoms with E-state index in [2.05, 4.69) is 28.8 Å². The fourth-order valence-electron chi connectivity index (χ4n) is 3.47. The molecule has 5 nitrogen and oxygen atoms in total. The van der Waals surface area contributed by atoms with Crippen LogP contribution in [-0.2, 0) is 25.8 Å². The summed E-state index contributed by atoms with van der Waals surface area (Å²) in [5.74, 6) is 1.89. The van der Waals surface area contributed by atoms with Crippen molar-refractivity contribution in [2.45, 2.75) is 25.8 Å². The van der Waals surface area contributed by atoms with Crippen LogP contribution in [0.5, 0.6) is 11.5 Å². The maximum atomic E-state index is 12.1. The number of carbonyl (C=O) groups excluding carboxylic acids is 1. The Morgan fingerprint density at radius 2 is 1.88 bits per heavy atom. The van der Waals surface area contributed by atoms with Crippen LogP contribution in [0.1, 0.15) is 22.3 Å². The molecule has 2 amide bonds. The van der Waals surface area contributed by atoms with Crippen LogP contribution in [0.15, 0.2) is 36.4 Å². The van der Waals surface area contributed by atoms with Crippen molar-refractivity contribution < 1.29 is 14.3 Å². The molecule has 0 saturated carbocycles. The third kappa shape index (κ3) is 3.40. The van der Waals surface area contributed by atoms with Gasteiger partial charge in [0.2, 0.25) is 0 Å². The predicted molar refractivity (Wildman–Crippen MR) is 95.2 cm³/mol. The molecule has 2 aromatic rings. The summed E-state index contributed by atoms with van der Waals surface area (Å²) in [6, 6.07) is 12.1. The maximum absolute atomic E-state index is 12.1. The molecule has 2 aliphatic rings. The Balaban J connectivity index is 1.35. The molecule has 5 heteroatoms. The third-order valence-corrected chi connectivity index (χ3v) is 4.73. The molecule has 0 aromatic heterocycles. The number of carbonyl (C=O) groups is 1. The van der Waals surface area contributed by atoms with Gasteiger partial charge in [-0.3, -0.25) is 0 Å². The number of amides is 2. The maximum Gasteiger partial charge on any atom is 0.315 e. The van der Waals surface area contributed by atoms with Gasteiger partial charge in [-0.05, 0) is 18.1 Å². The molecule has 0 radical (unpaired) electrons. The molecule has 0 saturated heterocycles. The van der Waals surface area contributed by atoms with E-state index < -0.39 is 0 Å². The molecule has 0 atom stereocenters. The van der Waals surface area contributed by atoms with E-state index in [1.54, 1.807) is 0 Å². The smallest absolute Gasteiger partial charge is 0.315 e. The van der Waals surface area contributed by atoms with Crippen LogP contribution >= 0.6 is 0 Å². The summed E-state index contributed by atoms with van der Waals surface area (Å²) in [4.78, 5) is 12.1. The van der Waals surface area contributed by atoms with Crippen molar-refractivity contribution in [1.29, 1.82) is 0 Å². The third-order valence-electron chi connectivity index (χ3n) is 4.73. The average Bonchev–Trinajstić information content (AvgIpc) is 3.28. The number of urea groups is 1. The van der Waals surface area contributed by atoms with Gasteiger partial charge in [0, 0.05) is 42.6 Å². The lowest BCUT2D eigenvalue weighted by Crippen LogP contribution is -2.36. The Hall–Kier alpha value is -2.69. The quantitative estimate of drug-likeness (QED) is 0.881. The van der Waals surface area contributed by atoms with E-state index in [0.717, 1.165) is 36.3 Å². The van der Waals surface area contributed by atoms with E-state index in [4.69, 9.17) is 9.47 Å². The zero-order valence-corrected chi connectivity index (χ0v) is 14.1. The number of hydrogen-bond acceptors (Lipinski definition) is 3. The van der Waals surface area contributed by atoms with Crippen LogP contribution in [0.3, 0.4) is 0 Å². The Labute approximate surface area is 147 Å². The second-order valence-electron chi connectivity index (χ2n) is 6.36. The van der Waals surface area contributed by atoms with Crippen LogP contribution in [-0.4, -0.2) is 25.8 Å². The summed E-state index contributed by atoms with van der Waals surface area (Å²) in [5.41, 5.74) is 4.64. The van der Waals surface area contributed by atoms with Gasteiger partial charge in [-0.25, -0.2) is 4.79 Å². The standard InChI is InChI=1S/C20H22N2O3/c23-20(21-9-6-14-4-2-1-3-5-14)22-13-17-16-8-11-24-18(16)12-15-7-10-25-19(15)17/h1-5,12H,6-11,13H2,(H2,21,22,23). The molecule has 0 aliphatic carbocycles. The molecule has 4 rings (SSSR count). The molecule has 0 spiro atoms. The van der Waals surface area contributed by atoms with Crippen LogP contribution in [0, 0.1) is 0 Å². The van der Waals surface area contributed by atoms with Gasteiger partial charge in [0.25, 0.3) is 0 Å². The first kappa shape index (κ1) is 15.8. The Bertz CT molecular complexity index is 742. The summed E-state index contributed by atoms with van der Waals surface area (Å²) in [5, 5.41) is 5.87. The first-order valence-corrected chi connectivity index (χ1v) is 8.80. The highest BCUT2D eigenvalue weighted by molar-refractivity contribution is 5.74. The molecule has 2 aliphatic heterocycles. The van der Waals surface area contributed by atoms with Gasteiger partial charge in [0.05, 0.1) is 13.2 Å². The largest absolute Gasteiger partial charge is 0.493 e. The van der Waals surface area contributed by atoms with Crippen molar-refractivity contribution in [3.8, 4) is 11.5 Å². The van der Waals surface area contributed by atoms with Crippen molar-refractivity contribution in [3.05, 3.63) is 58.7 Å². The van der Waals surface area contributed by atoms with Crippen LogP contribution in [0.4, 0.5) is 4.79 Å². The first-order chi connectivity index (χ1) is 12.3. The second-order valence-corrected chi connectivity index (χ2v) is 6.36. The minimum absolute atomic E-state index is 0.154. The van der Waals surface area contributed by atoms with Crippen molar-refractivity contribution >= 4 is 6.03 Å². The van der Waals surface area contributed by atoms with Gasteiger partial charge in [-0.1, -0.05) is 30.3 Å². The lowest BCUT2D eigenvalue weighted by atomic mass is 9.99. The molecular weight excluding hydrogens is 316 g/mol. The average molecular weight is 338 g/mol. The van der Waals surface area contributed by atoms with E-state index >= 15 is 0 Å². The summed E-state index contributed by atoms with van der Waals surface area (Å²) < 4.78 is 11.5. The SMILES string of the molecule is O=C(NCCc1ccccc1)NCc1c2c(cc3c1OCC3)OCC2. The Morgan fingerprint density at radius 3 is 2.76 bits per heavy atom. The number of benzene rings is 2. The highest BCUT2D eigenvalue weighted by Crippen LogP contribution is 2.40. The summed E-state index contributed by atoms with van der Waals surface area (Å²) in [6.07, 6.45) is 2.60. The lowest BCUT2D eigenvalue weighted by Gasteiger charge is -2.14. The normalized spacial score (nSPS) is 14.2. The summed E-state index contributed by atoms with van der Waals surface area (Å²) in [6.45, 7) is 2.48. The first-order valence-electron chi connectivity index (χ1n) is 8.80.